The van der Waals surface area contributed by atoms with Crippen LogP contribution in [0.25, 0.3) is 0 Å². The maximum atomic E-state index is 11.7. The van der Waals surface area contributed by atoms with Crippen LogP contribution in [0.1, 0.15) is 6.92 Å². The standard InChI is InChI=1S/C10H9N2OSe/c1-7-9(13)12(10(14)11-7)8-5-3-2-4-6-8/h2-7H,1H3/t7-/m0/s1. The summed E-state index contributed by atoms with van der Waals surface area (Å²) in [5.41, 5.74) is 0.861. The van der Waals surface area contributed by atoms with Crippen LogP contribution in [0.4, 0.5) is 5.69 Å². The van der Waals surface area contributed by atoms with E-state index in [0.717, 1.165) is 5.69 Å². The van der Waals surface area contributed by atoms with Crippen molar-refractivity contribution < 1.29 is 4.79 Å². The number of benzene rings is 1. The first-order chi connectivity index (χ1) is 6.70. The van der Waals surface area contributed by atoms with E-state index < -0.39 is 0 Å². The molecule has 1 aliphatic heterocycles. The first-order valence-corrected chi connectivity index (χ1v) is 5.19. The summed E-state index contributed by atoms with van der Waals surface area (Å²) >= 11 is 2.80. The molecule has 1 atom stereocenters. The van der Waals surface area contributed by atoms with Crippen molar-refractivity contribution >= 4 is 32.3 Å². The molecule has 14 heavy (non-hydrogen) atoms. The molecule has 0 aromatic heterocycles. The molecule has 1 aromatic rings. The molecule has 0 bridgehead atoms. The second-order valence-electron chi connectivity index (χ2n) is 3.10. The zero-order valence-electron chi connectivity index (χ0n) is 7.68. The number of aliphatic imine (C=N–C) groups is 1. The number of hydrogen-bond acceptors (Lipinski definition) is 2. The Balaban J connectivity index is 2.37. The average Bonchev–Trinajstić information content (AvgIpc) is 2.43. The maximum absolute atomic E-state index is 11.7. The minimum atomic E-state index is -0.272. The van der Waals surface area contributed by atoms with Crippen LogP contribution in [-0.4, -0.2) is 32.7 Å². The van der Waals surface area contributed by atoms with Crippen molar-refractivity contribution in [3.8, 4) is 0 Å². The topological polar surface area (TPSA) is 32.7 Å². The zero-order chi connectivity index (χ0) is 10.1. The van der Waals surface area contributed by atoms with Crippen molar-refractivity contribution in [3.05, 3.63) is 30.3 Å². The summed E-state index contributed by atoms with van der Waals surface area (Å²) in [6.45, 7) is 1.79. The van der Waals surface area contributed by atoms with Gasteiger partial charge in [-0.1, -0.05) is 0 Å². The van der Waals surface area contributed by atoms with E-state index >= 15 is 0 Å². The number of carbonyl (C=O) groups is 1. The Kier molecular flexibility index (Phi) is 2.40. The van der Waals surface area contributed by atoms with Crippen LogP contribution in [-0.2, 0) is 4.79 Å². The molecule has 1 heterocycles. The minimum absolute atomic E-state index is 0.0185. The van der Waals surface area contributed by atoms with Gasteiger partial charge in [-0.15, -0.1) is 0 Å². The van der Waals surface area contributed by atoms with Gasteiger partial charge >= 0.3 is 90.3 Å². The van der Waals surface area contributed by atoms with Crippen LogP contribution in [0, 0.1) is 0 Å². The SMILES string of the molecule is C[C@@H]1N=C([Se])N(c2ccccc2)C1=O. The Morgan fingerprint density at radius 2 is 2.00 bits per heavy atom. The number of rotatable bonds is 1. The number of carbonyl (C=O) groups excluding carboxylic acids is 1. The van der Waals surface area contributed by atoms with Gasteiger partial charge in [-0.25, -0.2) is 0 Å². The van der Waals surface area contributed by atoms with Crippen molar-refractivity contribution in [3.63, 3.8) is 0 Å². The molecule has 2 rings (SSSR count). The monoisotopic (exact) mass is 253 g/mol. The summed E-state index contributed by atoms with van der Waals surface area (Å²) in [6, 6.07) is 9.24. The molecular formula is C10H9N2OSe. The van der Waals surface area contributed by atoms with Gasteiger partial charge in [-0.05, 0) is 0 Å². The molecule has 0 saturated carbocycles. The predicted molar refractivity (Wildman–Crippen MR) is 56.6 cm³/mol. The summed E-state index contributed by atoms with van der Waals surface area (Å²) in [6.07, 6.45) is 0. The molecule has 71 valence electrons. The normalized spacial score (nSPS) is 21.2. The molecule has 1 aromatic carbocycles. The van der Waals surface area contributed by atoms with Crippen molar-refractivity contribution in [2.75, 3.05) is 4.90 Å². The van der Waals surface area contributed by atoms with Gasteiger partial charge in [0.1, 0.15) is 0 Å². The molecule has 1 amide bonds. The number of anilines is 1. The molecule has 3 nitrogen and oxygen atoms in total. The van der Waals surface area contributed by atoms with Crippen molar-refractivity contribution in [1.29, 1.82) is 0 Å². The molecule has 0 N–H and O–H groups in total. The second-order valence-corrected chi connectivity index (χ2v) is 3.86. The van der Waals surface area contributed by atoms with E-state index in [4.69, 9.17) is 0 Å². The Morgan fingerprint density at radius 1 is 1.36 bits per heavy atom. The fourth-order valence-corrected chi connectivity index (χ4v) is 2.12. The van der Waals surface area contributed by atoms with E-state index in [9.17, 15) is 4.79 Å². The van der Waals surface area contributed by atoms with Crippen LogP contribution in [0.15, 0.2) is 35.3 Å². The molecule has 0 unspecified atom stereocenters. The van der Waals surface area contributed by atoms with E-state index in [1.165, 1.54) is 0 Å². The Bertz CT molecular complexity index is 388. The van der Waals surface area contributed by atoms with Gasteiger partial charge in [0.2, 0.25) is 0 Å². The van der Waals surface area contributed by atoms with E-state index in [2.05, 4.69) is 21.0 Å². The molecule has 1 radical (unpaired) electrons. The Labute approximate surface area is 90.6 Å². The predicted octanol–water partition coefficient (Wildman–Crippen LogP) is 0.946. The summed E-state index contributed by atoms with van der Waals surface area (Å²) in [5, 5.41) is 0. The quantitative estimate of drug-likeness (QED) is 0.685. The van der Waals surface area contributed by atoms with Gasteiger partial charge in [0.05, 0.1) is 0 Å². The summed E-state index contributed by atoms with van der Waals surface area (Å²) < 4.78 is 0.647. The van der Waals surface area contributed by atoms with Crippen molar-refractivity contribution in [1.82, 2.24) is 0 Å². The van der Waals surface area contributed by atoms with Gasteiger partial charge in [0.25, 0.3) is 0 Å². The zero-order valence-corrected chi connectivity index (χ0v) is 9.39. The van der Waals surface area contributed by atoms with E-state index in [0.29, 0.717) is 4.73 Å². The molecule has 0 saturated heterocycles. The van der Waals surface area contributed by atoms with E-state index in [1.807, 2.05) is 30.3 Å². The first kappa shape index (κ1) is 9.44. The number of amidine groups is 1. The number of amides is 1. The third-order valence-electron chi connectivity index (χ3n) is 2.09. The fraction of sp³-hybridized carbons (Fsp3) is 0.200. The van der Waals surface area contributed by atoms with E-state index in [1.54, 1.807) is 11.8 Å². The van der Waals surface area contributed by atoms with Crippen LogP contribution in [0.3, 0.4) is 0 Å². The fourth-order valence-electron chi connectivity index (χ4n) is 1.37. The van der Waals surface area contributed by atoms with Crippen LogP contribution in [0.5, 0.6) is 0 Å². The third kappa shape index (κ3) is 1.47. The van der Waals surface area contributed by atoms with Gasteiger partial charge in [0.15, 0.2) is 0 Å². The van der Waals surface area contributed by atoms with Gasteiger partial charge in [0, 0.05) is 0 Å². The van der Waals surface area contributed by atoms with Gasteiger partial charge in [-0.3, -0.25) is 0 Å². The second kappa shape index (κ2) is 3.56. The summed E-state index contributed by atoms with van der Waals surface area (Å²) in [4.78, 5) is 17.5. The van der Waals surface area contributed by atoms with Crippen LogP contribution >= 0.6 is 0 Å². The van der Waals surface area contributed by atoms with Crippen LogP contribution in [0.2, 0.25) is 0 Å². The Hall–Kier alpha value is -1.12. The first-order valence-electron chi connectivity index (χ1n) is 4.34. The van der Waals surface area contributed by atoms with Crippen molar-refractivity contribution in [2.24, 2.45) is 4.99 Å². The van der Waals surface area contributed by atoms with Crippen molar-refractivity contribution in [2.45, 2.75) is 13.0 Å². The Morgan fingerprint density at radius 3 is 2.50 bits per heavy atom. The van der Waals surface area contributed by atoms with Crippen LogP contribution < -0.4 is 4.90 Å². The molecule has 4 heteroatoms. The van der Waals surface area contributed by atoms with Gasteiger partial charge < -0.3 is 0 Å². The molecular weight excluding hydrogens is 243 g/mol. The summed E-state index contributed by atoms with van der Waals surface area (Å²) in [7, 11) is 0. The summed E-state index contributed by atoms with van der Waals surface area (Å²) in [5.74, 6) is 0.0185. The molecule has 0 fully saturated rings. The average molecular weight is 252 g/mol. The number of para-hydroxylation sites is 1. The van der Waals surface area contributed by atoms with Gasteiger partial charge in [-0.2, -0.15) is 0 Å². The number of hydrogen-bond donors (Lipinski definition) is 0. The number of nitrogens with zero attached hydrogens (tertiary/aromatic N) is 2. The molecule has 1 aliphatic rings. The van der Waals surface area contributed by atoms with E-state index in [-0.39, 0.29) is 11.9 Å². The third-order valence-corrected chi connectivity index (χ3v) is 2.69. The molecule has 0 spiro atoms. The molecule has 0 aliphatic carbocycles.